The second kappa shape index (κ2) is 5.51. The van der Waals surface area contributed by atoms with Crippen molar-refractivity contribution in [3.8, 4) is 0 Å². The van der Waals surface area contributed by atoms with Crippen molar-refractivity contribution in [2.45, 2.75) is 37.2 Å². The molecule has 0 spiro atoms. The Kier molecular flexibility index (Phi) is 3.76. The molecule has 0 aliphatic carbocycles. The molecule has 102 valence electrons. The molecule has 1 N–H and O–H groups in total. The molecule has 1 aromatic rings. The quantitative estimate of drug-likeness (QED) is 0.846. The first-order valence-corrected chi connectivity index (χ1v) is 7.36. The average molecular weight is 280 g/mol. The fourth-order valence-corrected chi connectivity index (χ4v) is 3.15. The number of hydrogen-bond donors (Lipinski definition) is 1. The Morgan fingerprint density at radius 1 is 1.37 bits per heavy atom. The van der Waals surface area contributed by atoms with E-state index in [0.29, 0.717) is 0 Å². The zero-order valence-corrected chi connectivity index (χ0v) is 11.6. The molecule has 2 unspecified atom stereocenters. The first kappa shape index (κ1) is 12.9. The van der Waals surface area contributed by atoms with Gasteiger partial charge in [0.05, 0.1) is 11.5 Å². The number of benzene rings is 1. The summed E-state index contributed by atoms with van der Waals surface area (Å²) in [5, 5.41) is 2.76. The van der Waals surface area contributed by atoms with Crippen LogP contribution in [0.15, 0.2) is 18.2 Å². The maximum Gasteiger partial charge on any atom is 0.251 e. The van der Waals surface area contributed by atoms with Gasteiger partial charge in [-0.05, 0) is 42.9 Å². The minimum atomic E-state index is -0.163. The van der Waals surface area contributed by atoms with Crippen LogP contribution in [0.4, 0.5) is 0 Å². The standard InChI is InChI=1S/C15H18ClNO2/c16-14(13-4-2-8-19-13)11-6-5-10-3-1-7-17-15(18)12(10)9-11/h5-6,9,13-14H,1-4,7-8H2,(H,17,18). The van der Waals surface area contributed by atoms with Crippen LogP contribution in [0.2, 0.25) is 0 Å². The molecule has 1 saturated heterocycles. The van der Waals surface area contributed by atoms with Crippen LogP contribution in [0.25, 0.3) is 0 Å². The Balaban J connectivity index is 1.89. The van der Waals surface area contributed by atoms with Crippen LogP contribution in [-0.4, -0.2) is 25.2 Å². The minimum absolute atomic E-state index is 0.0190. The molecule has 1 aromatic carbocycles. The number of halogens is 1. The lowest BCUT2D eigenvalue weighted by Gasteiger charge is -2.18. The number of hydrogen-bond acceptors (Lipinski definition) is 2. The van der Waals surface area contributed by atoms with Crippen LogP contribution in [-0.2, 0) is 11.2 Å². The molecule has 1 amide bonds. The zero-order valence-electron chi connectivity index (χ0n) is 10.8. The number of alkyl halides is 1. The van der Waals surface area contributed by atoms with Crippen LogP contribution < -0.4 is 5.32 Å². The molecule has 0 aromatic heterocycles. The molecule has 2 aliphatic heterocycles. The second-order valence-electron chi connectivity index (χ2n) is 5.23. The normalized spacial score (nSPS) is 24.5. The summed E-state index contributed by atoms with van der Waals surface area (Å²) in [5.74, 6) is 0.0190. The van der Waals surface area contributed by atoms with E-state index in [1.54, 1.807) is 0 Å². The van der Waals surface area contributed by atoms with Gasteiger partial charge in [0, 0.05) is 18.7 Å². The van der Waals surface area contributed by atoms with Crippen LogP contribution >= 0.6 is 11.6 Å². The van der Waals surface area contributed by atoms with Gasteiger partial charge in [-0.25, -0.2) is 0 Å². The highest BCUT2D eigenvalue weighted by Crippen LogP contribution is 2.33. The van der Waals surface area contributed by atoms with E-state index in [4.69, 9.17) is 16.3 Å². The Morgan fingerprint density at radius 3 is 3.05 bits per heavy atom. The lowest BCUT2D eigenvalue weighted by molar-refractivity contribution is 0.0954. The summed E-state index contributed by atoms with van der Waals surface area (Å²) in [4.78, 5) is 12.0. The number of nitrogens with one attached hydrogen (secondary N) is 1. The molecule has 2 heterocycles. The molecular weight excluding hydrogens is 262 g/mol. The van der Waals surface area contributed by atoms with Crippen molar-refractivity contribution < 1.29 is 9.53 Å². The fraction of sp³-hybridized carbons (Fsp3) is 0.533. The molecule has 4 heteroatoms. The average Bonchev–Trinajstić information content (AvgIpc) is 2.90. The van der Waals surface area contributed by atoms with Crippen LogP contribution in [0.5, 0.6) is 0 Å². The first-order valence-electron chi connectivity index (χ1n) is 6.92. The molecular formula is C15H18ClNO2. The molecule has 0 saturated carbocycles. The van der Waals surface area contributed by atoms with E-state index in [1.807, 2.05) is 18.2 Å². The van der Waals surface area contributed by atoms with E-state index in [-0.39, 0.29) is 17.4 Å². The van der Waals surface area contributed by atoms with Gasteiger partial charge in [0.1, 0.15) is 0 Å². The zero-order chi connectivity index (χ0) is 13.2. The molecule has 3 rings (SSSR count). The second-order valence-corrected chi connectivity index (χ2v) is 5.70. The van der Waals surface area contributed by atoms with Crippen molar-refractivity contribution in [3.63, 3.8) is 0 Å². The van der Waals surface area contributed by atoms with Crippen molar-refractivity contribution in [1.29, 1.82) is 0 Å². The maximum absolute atomic E-state index is 12.0. The monoisotopic (exact) mass is 279 g/mol. The van der Waals surface area contributed by atoms with Crippen LogP contribution in [0.3, 0.4) is 0 Å². The number of ether oxygens (including phenoxy) is 1. The summed E-state index contributed by atoms with van der Waals surface area (Å²) in [6, 6.07) is 6.02. The van der Waals surface area contributed by atoms with E-state index in [0.717, 1.165) is 55.5 Å². The van der Waals surface area contributed by atoms with E-state index in [1.165, 1.54) is 0 Å². The Morgan fingerprint density at radius 2 is 2.26 bits per heavy atom. The third-order valence-corrected chi connectivity index (χ3v) is 4.43. The van der Waals surface area contributed by atoms with E-state index in [2.05, 4.69) is 5.32 Å². The summed E-state index contributed by atoms with van der Waals surface area (Å²) >= 11 is 6.49. The third-order valence-electron chi connectivity index (χ3n) is 3.90. The van der Waals surface area contributed by atoms with Gasteiger partial charge in [-0.15, -0.1) is 11.6 Å². The minimum Gasteiger partial charge on any atom is -0.376 e. The highest BCUT2D eigenvalue weighted by atomic mass is 35.5. The molecule has 2 aliphatic rings. The predicted octanol–water partition coefficient (Wildman–Crippen LogP) is 2.82. The van der Waals surface area contributed by atoms with Crippen molar-refractivity contribution in [2.75, 3.05) is 13.2 Å². The Labute approximate surface area is 118 Å². The van der Waals surface area contributed by atoms with Crippen molar-refractivity contribution in [3.05, 3.63) is 34.9 Å². The smallest absolute Gasteiger partial charge is 0.251 e. The number of rotatable bonds is 2. The molecule has 19 heavy (non-hydrogen) atoms. The summed E-state index contributed by atoms with van der Waals surface area (Å²) < 4.78 is 5.63. The molecule has 2 atom stereocenters. The lowest BCUT2D eigenvalue weighted by atomic mass is 9.97. The number of amides is 1. The molecule has 0 radical (unpaired) electrons. The van der Waals surface area contributed by atoms with Crippen molar-refractivity contribution >= 4 is 17.5 Å². The largest absolute Gasteiger partial charge is 0.376 e. The van der Waals surface area contributed by atoms with E-state index in [9.17, 15) is 4.79 Å². The first-order chi connectivity index (χ1) is 9.25. The SMILES string of the molecule is O=C1NCCCc2ccc(C(Cl)C3CCCO3)cc21. The van der Waals surface area contributed by atoms with Gasteiger partial charge in [0.2, 0.25) is 0 Å². The Bertz CT molecular complexity index is 483. The summed E-state index contributed by atoms with van der Waals surface area (Å²) in [6.45, 7) is 1.54. The van der Waals surface area contributed by atoms with Crippen molar-refractivity contribution in [1.82, 2.24) is 5.32 Å². The number of carbonyl (C=O) groups is 1. The van der Waals surface area contributed by atoms with Gasteiger partial charge < -0.3 is 10.1 Å². The van der Waals surface area contributed by atoms with Crippen LogP contribution in [0, 0.1) is 0 Å². The summed E-state index contributed by atoms with van der Waals surface area (Å²) in [7, 11) is 0. The molecule has 3 nitrogen and oxygen atoms in total. The topological polar surface area (TPSA) is 38.3 Å². The van der Waals surface area contributed by atoms with Crippen LogP contribution in [0.1, 0.15) is 46.1 Å². The highest BCUT2D eigenvalue weighted by Gasteiger charge is 2.26. The van der Waals surface area contributed by atoms with Gasteiger partial charge >= 0.3 is 0 Å². The van der Waals surface area contributed by atoms with Gasteiger partial charge in [0.25, 0.3) is 5.91 Å². The number of fused-ring (bicyclic) bond motifs is 1. The number of carbonyl (C=O) groups excluding carboxylic acids is 1. The van der Waals surface area contributed by atoms with Gasteiger partial charge in [-0.3, -0.25) is 4.79 Å². The molecule has 1 fully saturated rings. The Hall–Kier alpha value is -1.06. The highest BCUT2D eigenvalue weighted by molar-refractivity contribution is 6.21. The van der Waals surface area contributed by atoms with Gasteiger partial charge in [0.15, 0.2) is 0 Å². The summed E-state index contributed by atoms with van der Waals surface area (Å²) in [5.41, 5.74) is 2.89. The number of aryl methyl sites for hydroxylation is 1. The summed E-state index contributed by atoms with van der Waals surface area (Å²) in [6.07, 6.45) is 4.08. The lowest BCUT2D eigenvalue weighted by Crippen LogP contribution is -2.23. The van der Waals surface area contributed by atoms with E-state index < -0.39 is 0 Å². The van der Waals surface area contributed by atoms with E-state index >= 15 is 0 Å². The fourth-order valence-electron chi connectivity index (χ4n) is 2.82. The maximum atomic E-state index is 12.0. The predicted molar refractivity (Wildman–Crippen MR) is 74.7 cm³/mol. The van der Waals surface area contributed by atoms with Gasteiger partial charge in [-0.2, -0.15) is 0 Å². The molecule has 0 bridgehead atoms. The van der Waals surface area contributed by atoms with Crippen molar-refractivity contribution in [2.24, 2.45) is 0 Å². The third kappa shape index (κ3) is 2.63. The van der Waals surface area contributed by atoms with Gasteiger partial charge in [-0.1, -0.05) is 12.1 Å².